The Labute approximate surface area is 173 Å². The third-order valence-electron chi connectivity index (χ3n) is 4.53. The van der Waals surface area contributed by atoms with E-state index in [2.05, 4.69) is 4.99 Å². The first-order valence-corrected chi connectivity index (χ1v) is 9.82. The zero-order chi connectivity index (χ0) is 21.0. The van der Waals surface area contributed by atoms with Crippen LogP contribution in [0.3, 0.4) is 0 Å². The van der Waals surface area contributed by atoms with E-state index < -0.39 is 0 Å². The van der Waals surface area contributed by atoms with Crippen LogP contribution in [-0.2, 0) is 11.3 Å². The van der Waals surface area contributed by atoms with Crippen molar-refractivity contribution < 1.29 is 23.7 Å². The largest absolute Gasteiger partial charge is 0.493 e. The summed E-state index contributed by atoms with van der Waals surface area (Å²) in [5.74, 6) is 0.855. The van der Waals surface area contributed by atoms with E-state index in [9.17, 15) is 4.79 Å². The fourth-order valence-electron chi connectivity index (χ4n) is 3.14. The molecule has 3 aromatic rings. The van der Waals surface area contributed by atoms with Crippen LogP contribution >= 0.6 is 11.3 Å². The number of thiazole rings is 1. The Kier molecular flexibility index (Phi) is 6.56. The van der Waals surface area contributed by atoms with Crippen molar-refractivity contribution in [2.45, 2.75) is 13.5 Å². The summed E-state index contributed by atoms with van der Waals surface area (Å²) < 4.78 is 24.3. The molecule has 0 saturated carbocycles. The summed E-state index contributed by atoms with van der Waals surface area (Å²) in [6.07, 6.45) is 0. The molecule has 0 unspecified atom stereocenters. The van der Waals surface area contributed by atoms with E-state index in [-0.39, 0.29) is 5.91 Å². The maximum atomic E-state index is 13.0. The Balaban J connectivity index is 2.14. The van der Waals surface area contributed by atoms with Crippen molar-refractivity contribution in [2.75, 3.05) is 35.0 Å². The molecule has 154 valence electrons. The van der Waals surface area contributed by atoms with Crippen molar-refractivity contribution in [1.82, 2.24) is 4.57 Å². The quantitative estimate of drug-likeness (QED) is 0.590. The molecule has 1 heterocycles. The number of carbonyl (C=O) groups is 1. The minimum Gasteiger partial charge on any atom is -0.493 e. The van der Waals surface area contributed by atoms with E-state index in [1.165, 1.54) is 32.7 Å². The number of carbonyl (C=O) groups excluding carboxylic acids is 1. The standard InChI is InChI=1S/C21H24N2O5S/c1-13-7-6-8-17-18(13)23(9-10-25-2)21(29-17)22-20(24)14-11-15(26-3)19(28-5)16(12-14)27-4/h6-8,11-12H,9-10H2,1-5H3. The fraction of sp³-hybridized carbons (Fsp3) is 0.333. The summed E-state index contributed by atoms with van der Waals surface area (Å²) in [4.78, 5) is 18.0. The Morgan fingerprint density at radius 3 is 2.34 bits per heavy atom. The molecule has 0 saturated heterocycles. The number of amides is 1. The maximum Gasteiger partial charge on any atom is 0.279 e. The van der Waals surface area contributed by atoms with E-state index in [1.807, 2.05) is 29.7 Å². The summed E-state index contributed by atoms with van der Waals surface area (Å²) in [6.45, 7) is 3.16. The highest BCUT2D eigenvalue weighted by atomic mass is 32.1. The molecule has 1 aromatic heterocycles. The summed E-state index contributed by atoms with van der Waals surface area (Å²) in [5.41, 5.74) is 2.54. The molecule has 8 heteroatoms. The molecular weight excluding hydrogens is 392 g/mol. The Morgan fingerprint density at radius 1 is 1.07 bits per heavy atom. The van der Waals surface area contributed by atoms with E-state index in [1.54, 1.807) is 19.2 Å². The molecule has 0 radical (unpaired) electrons. The van der Waals surface area contributed by atoms with Crippen molar-refractivity contribution in [3.63, 3.8) is 0 Å². The van der Waals surface area contributed by atoms with Crippen molar-refractivity contribution in [1.29, 1.82) is 0 Å². The van der Waals surface area contributed by atoms with Crippen molar-refractivity contribution in [3.05, 3.63) is 46.3 Å². The number of methoxy groups -OCH3 is 4. The SMILES string of the molecule is COCCn1c(=NC(=O)c2cc(OC)c(OC)c(OC)c2)sc2cccc(C)c21. The van der Waals surface area contributed by atoms with Crippen LogP contribution in [0.25, 0.3) is 10.2 Å². The fourth-order valence-corrected chi connectivity index (χ4v) is 4.27. The number of fused-ring (bicyclic) bond motifs is 1. The number of aryl methyl sites for hydroxylation is 1. The first-order valence-electron chi connectivity index (χ1n) is 9.01. The van der Waals surface area contributed by atoms with Gasteiger partial charge in [-0.15, -0.1) is 0 Å². The topological polar surface area (TPSA) is 71.3 Å². The van der Waals surface area contributed by atoms with Crippen LogP contribution in [0.4, 0.5) is 0 Å². The van der Waals surface area contributed by atoms with Gasteiger partial charge in [0, 0.05) is 19.2 Å². The molecule has 1 amide bonds. The highest BCUT2D eigenvalue weighted by Crippen LogP contribution is 2.38. The molecule has 0 fully saturated rings. The lowest BCUT2D eigenvalue weighted by Crippen LogP contribution is -2.19. The predicted octanol–water partition coefficient (Wildman–Crippen LogP) is 3.42. The Bertz CT molecular complexity index is 1080. The molecule has 0 spiro atoms. The Morgan fingerprint density at radius 2 is 1.76 bits per heavy atom. The second-order valence-corrected chi connectivity index (χ2v) is 7.29. The van der Waals surface area contributed by atoms with Gasteiger partial charge in [-0.2, -0.15) is 4.99 Å². The minimum absolute atomic E-state index is 0.354. The number of hydrogen-bond donors (Lipinski definition) is 0. The molecule has 0 aliphatic heterocycles. The molecule has 0 aliphatic carbocycles. The van der Waals surface area contributed by atoms with Gasteiger partial charge in [0.15, 0.2) is 16.3 Å². The molecular formula is C21H24N2O5S. The highest BCUT2D eigenvalue weighted by Gasteiger charge is 2.17. The molecule has 0 bridgehead atoms. The van der Waals surface area contributed by atoms with Crippen LogP contribution in [0.15, 0.2) is 35.3 Å². The lowest BCUT2D eigenvalue weighted by atomic mass is 10.1. The van der Waals surface area contributed by atoms with Gasteiger partial charge in [0.2, 0.25) is 5.75 Å². The summed E-state index contributed by atoms with van der Waals surface area (Å²) in [7, 11) is 6.19. The number of ether oxygens (including phenoxy) is 4. The molecule has 2 aromatic carbocycles. The number of benzene rings is 2. The van der Waals surface area contributed by atoms with Gasteiger partial charge in [0.05, 0.1) is 38.2 Å². The van der Waals surface area contributed by atoms with Crippen molar-refractivity contribution in [2.24, 2.45) is 4.99 Å². The summed E-state index contributed by atoms with van der Waals surface area (Å²) >= 11 is 1.47. The monoisotopic (exact) mass is 416 g/mol. The van der Waals surface area contributed by atoms with Crippen LogP contribution in [-0.4, -0.2) is 45.5 Å². The van der Waals surface area contributed by atoms with Crippen molar-refractivity contribution in [3.8, 4) is 17.2 Å². The Hall–Kier alpha value is -2.84. The van der Waals surface area contributed by atoms with Gasteiger partial charge < -0.3 is 23.5 Å². The van der Waals surface area contributed by atoms with Gasteiger partial charge in [-0.1, -0.05) is 23.5 Å². The lowest BCUT2D eigenvalue weighted by Gasteiger charge is -2.12. The molecule has 0 aliphatic rings. The van der Waals surface area contributed by atoms with E-state index >= 15 is 0 Å². The summed E-state index contributed by atoms with van der Waals surface area (Å²) in [6, 6.07) is 9.28. The normalized spacial score (nSPS) is 11.7. The van der Waals surface area contributed by atoms with Gasteiger partial charge in [-0.25, -0.2) is 0 Å². The van der Waals surface area contributed by atoms with Crippen LogP contribution < -0.4 is 19.0 Å². The van der Waals surface area contributed by atoms with Crippen LogP contribution in [0.1, 0.15) is 15.9 Å². The van der Waals surface area contributed by atoms with Crippen LogP contribution in [0, 0.1) is 6.92 Å². The zero-order valence-corrected chi connectivity index (χ0v) is 18.0. The number of hydrogen-bond acceptors (Lipinski definition) is 6. The molecule has 29 heavy (non-hydrogen) atoms. The average Bonchev–Trinajstić information content (AvgIpc) is 3.09. The summed E-state index contributed by atoms with van der Waals surface area (Å²) in [5, 5.41) is 0. The van der Waals surface area contributed by atoms with Gasteiger partial charge in [-0.05, 0) is 30.7 Å². The second-order valence-electron chi connectivity index (χ2n) is 6.28. The minimum atomic E-state index is -0.389. The first kappa shape index (κ1) is 20.9. The van der Waals surface area contributed by atoms with Gasteiger partial charge in [0.25, 0.3) is 5.91 Å². The maximum absolute atomic E-state index is 13.0. The molecule has 3 rings (SSSR count). The smallest absolute Gasteiger partial charge is 0.279 e. The van der Waals surface area contributed by atoms with E-state index in [0.717, 1.165) is 15.8 Å². The first-order chi connectivity index (χ1) is 14.0. The average molecular weight is 416 g/mol. The zero-order valence-electron chi connectivity index (χ0n) is 17.1. The van der Waals surface area contributed by atoms with Crippen molar-refractivity contribution >= 4 is 27.5 Å². The molecule has 0 N–H and O–H groups in total. The highest BCUT2D eigenvalue weighted by molar-refractivity contribution is 7.16. The van der Waals surface area contributed by atoms with Gasteiger partial charge >= 0.3 is 0 Å². The van der Waals surface area contributed by atoms with Gasteiger partial charge in [0.1, 0.15) is 0 Å². The number of para-hydroxylation sites is 1. The molecule has 7 nitrogen and oxygen atoms in total. The number of aromatic nitrogens is 1. The van der Waals surface area contributed by atoms with E-state index in [0.29, 0.717) is 40.8 Å². The van der Waals surface area contributed by atoms with E-state index in [4.69, 9.17) is 18.9 Å². The second kappa shape index (κ2) is 9.11. The lowest BCUT2D eigenvalue weighted by molar-refractivity contribution is 0.0996. The number of rotatable bonds is 7. The van der Waals surface area contributed by atoms with Crippen LogP contribution in [0.5, 0.6) is 17.2 Å². The third kappa shape index (κ3) is 4.13. The van der Waals surface area contributed by atoms with Gasteiger partial charge in [-0.3, -0.25) is 4.79 Å². The third-order valence-corrected chi connectivity index (χ3v) is 5.57. The molecule has 0 atom stereocenters. The predicted molar refractivity (Wildman–Crippen MR) is 112 cm³/mol. The number of nitrogens with zero attached hydrogens (tertiary/aromatic N) is 2. The van der Waals surface area contributed by atoms with Crippen LogP contribution in [0.2, 0.25) is 0 Å².